The van der Waals surface area contributed by atoms with Crippen molar-refractivity contribution in [2.75, 3.05) is 26.7 Å². The van der Waals surface area contributed by atoms with Gasteiger partial charge in [-0.2, -0.15) is 0 Å². The zero-order chi connectivity index (χ0) is 13.2. The number of likely N-dealkylation sites (tertiary alicyclic amines) is 1. The molecule has 100 valence electrons. The Balaban J connectivity index is 1.97. The Bertz CT molecular complexity index is 499. The predicted molar refractivity (Wildman–Crippen MR) is 68.9 cm³/mol. The second-order valence-electron chi connectivity index (χ2n) is 4.76. The lowest BCUT2D eigenvalue weighted by Gasteiger charge is -2.12. The molecule has 0 aromatic heterocycles. The van der Waals surface area contributed by atoms with Gasteiger partial charge in [0.25, 0.3) is 0 Å². The number of sulfonamides is 1. The van der Waals surface area contributed by atoms with Gasteiger partial charge in [0.2, 0.25) is 10.0 Å². The van der Waals surface area contributed by atoms with Crippen molar-refractivity contribution >= 4 is 10.0 Å². The van der Waals surface area contributed by atoms with Crippen molar-refractivity contribution in [1.82, 2.24) is 9.62 Å². The average Bonchev–Trinajstić information content (AvgIpc) is 2.73. The van der Waals surface area contributed by atoms with Crippen molar-refractivity contribution in [1.29, 1.82) is 0 Å². The van der Waals surface area contributed by atoms with Crippen LogP contribution in [0.25, 0.3) is 0 Å². The number of hydrogen-bond acceptors (Lipinski definition) is 4. The summed E-state index contributed by atoms with van der Waals surface area (Å²) < 4.78 is 26.6. The van der Waals surface area contributed by atoms with Crippen LogP contribution in [0.2, 0.25) is 0 Å². The molecule has 0 aliphatic carbocycles. The van der Waals surface area contributed by atoms with Crippen molar-refractivity contribution in [3.05, 3.63) is 24.3 Å². The molecule has 0 amide bonds. The van der Waals surface area contributed by atoms with Crippen LogP contribution in [0.1, 0.15) is 6.42 Å². The molecule has 2 rings (SSSR count). The molecule has 1 heterocycles. The maximum absolute atomic E-state index is 12.0. The molecular weight excluding hydrogens is 252 g/mol. The summed E-state index contributed by atoms with van der Waals surface area (Å²) in [6.07, 6.45) is 1.02. The summed E-state index contributed by atoms with van der Waals surface area (Å²) in [6, 6.07) is 5.55. The molecule has 0 spiro atoms. The van der Waals surface area contributed by atoms with Crippen molar-refractivity contribution < 1.29 is 13.5 Å². The highest BCUT2D eigenvalue weighted by atomic mass is 32.2. The van der Waals surface area contributed by atoms with Gasteiger partial charge in [-0.05, 0) is 50.2 Å². The highest BCUT2D eigenvalue weighted by molar-refractivity contribution is 7.89. The summed E-state index contributed by atoms with van der Waals surface area (Å²) in [4.78, 5) is 2.38. The second kappa shape index (κ2) is 5.26. The van der Waals surface area contributed by atoms with Crippen LogP contribution in [0.4, 0.5) is 0 Å². The number of rotatable bonds is 4. The molecule has 0 radical (unpaired) electrons. The summed E-state index contributed by atoms with van der Waals surface area (Å²) >= 11 is 0. The molecule has 1 aliphatic heterocycles. The number of phenolic OH excluding ortho intramolecular Hbond substituents is 1. The third-order valence-corrected chi connectivity index (χ3v) is 4.64. The molecule has 1 fully saturated rings. The van der Waals surface area contributed by atoms with Gasteiger partial charge in [-0.1, -0.05) is 0 Å². The molecule has 1 atom stereocenters. The molecule has 5 nitrogen and oxygen atoms in total. The van der Waals surface area contributed by atoms with E-state index in [9.17, 15) is 8.42 Å². The number of aromatic hydroxyl groups is 1. The topological polar surface area (TPSA) is 69.6 Å². The molecule has 6 heteroatoms. The van der Waals surface area contributed by atoms with Crippen molar-refractivity contribution in [3.8, 4) is 5.75 Å². The van der Waals surface area contributed by atoms with Crippen LogP contribution in [-0.2, 0) is 10.0 Å². The monoisotopic (exact) mass is 270 g/mol. The Hall–Kier alpha value is -1.11. The fourth-order valence-corrected chi connectivity index (χ4v) is 3.25. The Kier molecular flexibility index (Phi) is 3.89. The van der Waals surface area contributed by atoms with Crippen LogP contribution in [0.5, 0.6) is 5.75 Å². The first kappa shape index (κ1) is 13.3. The fraction of sp³-hybridized carbons (Fsp3) is 0.500. The third-order valence-electron chi connectivity index (χ3n) is 3.20. The Morgan fingerprint density at radius 1 is 1.39 bits per heavy atom. The van der Waals surface area contributed by atoms with E-state index in [0.29, 0.717) is 12.5 Å². The van der Waals surface area contributed by atoms with Gasteiger partial charge in [-0.3, -0.25) is 0 Å². The van der Waals surface area contributed by atoms with E-state index in [-0.39, 0.29) is 10.6 Å². The molecule has 1 aromatic carbocycles. The predicted octanol–water partition coefficient (Wildman–Crippen LogP) is 0.622. The van der Waals surface area contributed by atoms with Gasteiger partial charge < -0.3 is 10.0 Å². The molecular formula is C12H18N2O3S. The standard InChI is InChI=1S/C12H18N2O3S/c1-14-7-6-10(9-14)8-13-18(16,17)12-4-2-11(15)3-5-12/h2-5,10,13,15H,6-9H2,1H3. The minimum Gasteiger partial charge on any atom is -0.508 e. The molecule has 1 aromatic rings. The average molecular weight is 270 g/mol. The SMILES string of the molecule is CN1CCC(CNS(=O)(=O)c2ccc(O)cc2)C1. The Morgan fingerprint density at radius 2 is 2.06 bits per heavy atom. The smallest absolute Gasteiger partial charge is 0.240 e. The molecule has 18 heavy (non-hydrogen) atoms. The molecule has 0 saturated carbocycles. The summed E-state index contributed by atoms with van der Waals surface area (Å²) in [7, 11) is -1.43. The van der Waals surface area contributed by atoms with Crippen LogP contribution in [-0.4, -0.2) is 45.1 Å². The van der Waals surface area contributed by atoms with Gasteiger partial charge in [-0.15, -0.1) is 0 Å². The first-order valence-electron chi connectivity index (χ1n) is 5.94. The first-order valence-corrected chi connectivity index (χ1v) is 7.43. The van der Waals surface area contributed by atoms with E-state index in [0.717, 1.165) is 19.5 Å². The quantitative estimate of drug-likeness (QED) is 0.841. The fourth-order valence-electron chi connectivity index (χ4n) is 2.13. The zero-order valence-corrected chi connectivity index (χ0v) is 11.2. The number of benzene rings is 1. The molecule has 1 saturated heterocycles. The van der Waals surface area contributed by atoms with E-state index < -0.39 is 10.0 Å². The van der Waals surface area contributed by atoms with Gasteiger partial charge in [0.15, 0.2) is 0 Å². The lowest BCUT2D eigenvalue weighted by Crippen LogP contribution is -2.30. The number of hydrogen-bond donors (Lipinski definition) is 2. The Morgan fingerprint density at radius 3 is 2.61 bits per heavy atom. The largest absolute Gasteiger partial charge is 0.508 e. The highest BCUT2D eigenvalue weighted by Crippen LogP contribution is 2.16. The maximum atomic E-state index is 12.0. The number of nitrogens with one attached hydrogen (secondary N) is 1. The van der Waals surface area contributed by atoms with E-state index in [1.165, 1.54) is 24.3 Å². The first-order chi connectivity index (χ1) is 8.47. The lowest BCUT2D eigenvalue weighted by atomic mass is 10.1. The molecule has 0 bridgehead atoms. The van der Waals surface area contributed by atoms with Crippen LogP contribution in [0, 0.1) is 5.92 Å². The minimum absolute atomic E-state index is 0.0615. The summed E-state index contributed by atoms with van der Waals surface area (Å²) in [6.45, 7) is 2.41. The van der Waals surface area contributed by atoms with Crippen LogP contribution < -0.4 is 4.72 Å². The van der Waals surface area contributed by atoms with Crippen LogP contribution in [0.3, 0.4) is 0 Å². The zero-order valence-electron chi connectivity index (χ0n) is 10.3. The summed E-state index contributed by atoms with van der Waals surface area (Å²) in [5.74, 6) is 0.438. The lowest BCUT2D eigenvalue weighted by molar-refractivity contribution is 0.394. The summed E-state index contributed by atoms with van der Waals surface area (Å²) in [5, 5.41) is 9.13. The van der Waals surface area contributed by atoms with Gasteiger partial charge >= 0.3 is 0 Å². The van der Waals surface area contributed by atoms with Gasteiger partial charge in [0.1, 0.15) is 5.75 Å². The van der Waals surface area contributed by atoms with E-state index in [4.69, 9.17) is 5.11 Å². The second-order valence-corrected chi connectivity index (χ2v) is 6.53. The van der Waals surface area contributed by atoms with Crippen LogP contribution in [0.15, 0.2) is 29.2 Å². The van der Waals surface area contributed by atoms with Crippen LogP contribution >= 0.6 is 0 Å². The molecule has 1 unspecified atom stereocenters. The van der Waals surface area contributed by atoms with E-state index >= 15 is 0 Å². The van der Waals surface area contributed by atoms with Gasteiger partial charge in [0, 0.05) is 13.1 Å². The molecule has 1 aliphatic rings. The third kappa shape index (κ3) is 3.22. The maximum Gasteiger partial charge on any atom is 0.240 e. The van der Waals surface area contributed by atoms with Crippen molar-refractivity contribution in [2.45, 2.75) is 11.3 Å². The van der Waals surface area contributed by atoms with Crippen molar-refractivity contribution in [3.63, 3.8) is 0 Å². The van der Waals surface area contributed by atoms with Crippen molar-refractivity contribution in [2.24, 2.45) is 5.92 Å². The van der Waals surface area contributed by atoms with E-state index in [1.807, 2.05) is 7.05 Å². The Labute approximate surface area is 107 Å². The molecule has 2 N–H and O–H groups in total. The van der Waals surface area contributed by atoms with E-state index in [2.05, 4.69) is 9.62 Å². The number of nitrogens with zero attached hydrogens (tertiary/aromatic N) is 1. The minimum atomic E-state index is -3.46. The highest BCUT2D eigenvalue weighted by Gasteiger charge is 2.22. The summed E-state index contributed by atoms with van der Waals surface area (Å²) in [5.41, 5.74) is 0. The number of phenols is 1. The normalized spacial score (nSPS) is 21.3. The van der Waals surface area contributed by atoms with Gasteiger partial charge in [0.05, 0.1) is 4.90 Å². The van der Waals surface area contributed by atoms with E-state index in [1.54, 1.807) is 0 Å². The van der Waals surface area contributed by atoms with Gasteiger partial charge in [-0.25, -0.2) is 13.1 Å².